The second kappa shape index (κ2) is 20.8. The van der Waals surface area contributed by atoms with Gasteiger partial charge in [0, 0.05) is 79.1 Å². The van der Waals surface area contributed by atoms with Crippen LogP contribution in [0.15, 0.2) is 213 Å². The van der Waals surface area contributed by atoms with Gasteiger partial charge in [0.15, 0.2) is 36.9 Å². The Labute approximate surface area is 462 Å². The van der Waals surface area contributed by atoms with Crippen LogP contribution in [-0.2, 0) is 58.1 Å². The molecule has 1 aromatic heterocycles. The Bertz CT molecular complexity index is 3870. The highest BCUT2D eigenvalue weighted by Gasteiger charge is 2.60. The van der Waals surface area contributed by atoms with Crippen molar-refractivity contribution < 1.29 is 35.9 Å². The van der Waals surface area contributed by atoms with E-state index < -0.39 is 43.0 Å². The number of rotatable bonds is 15. The molecule has 0 saturated carbocycles. The molecule has 6 atom stereocenters. The van der Waals surface area contributed by atoms with Gasteiger partial charge in [0.1, 0.15) is 6.10 Å². The summed E-state index contributed by atoms with van der Waals surface area (Å²) in [5.74, 6) is -1.08. The first kappa shape index (κ1) is 51.5. The first-order valence-corrected chi connectivity index (χ1v) is 30.2. The molecule has 12 rings (SSSR count). The van der Waals surface area contributed by atoms with E-state index in [0.29, 0.717) is 22.0 Å². The molecular weight excluding hydrogens is 1050 g/mol. The van der Waals surface area contributed by atoms with Crippen molar-refractivity contribution in [3.63, 3.8) is 0 Å². The molecule has 2 unspecified atom stereocenters. The van der Waals surface area contributed by atoms with Gasteiger partial charge in [-0.05, 0) is 82.9 Å². The van der Waals surface area contributed by atoms with Crippen LogP contribution < -0.4 is 0 Å². The van der Waals surface area contributed by atoms with Crippen LogP contribution in [-0.4, -0.2) is 104 Å². The van der Waals surface area contributed by atoms with E-state index in [4.69, 9.17) is 19.5 Å². The Balaban J connectivity index is 0.792. The maximum atomic E-state index is 15.3. The number of fused-ring (bicyclic) bond motifs is 6. The van der Waals surface area contributed by atoms with Gasteiger partial charge in [-0.3, -0.25) is 9.59 Å². The molecule has 0 bridgehead atoms. The number of aromatic nitrogens is 1. The van der Waals surface area contributed by atoms with Gasteiger partial charge in [-0.1, -0.05) is 121 Å². The van der Waals surface area contributed by atoms with Gasteiger partial charge in [-0.25, -0.2) is 31.8 Å². The fraction of sp³-hybridized carbons (Fsp3) is 0.226. The number of allylic oxidation sites excluding steroid dienone is 2. The Morgan fingerprint density at radius 3 is 1.90 bits per heavy atom. The summed E-state index contributed by atoms with van der Waals surface area (Å²) in [5.41, 5.74) is 2.87. The van der Waals surface area contributed by atoms with Crippen LogP contribution in [0, 0.1) is 23.2 Å². The second-order valence-electron chi connectivity index (χ2n) is 20.4. The lowest BCUT2D eigenvalue weighted by molar-refractivity contribution is -0.139. The molecular formula is C62H52N6O8S3. The lowest BCUT2D eigenvalue weighted by atomic mass is 9.75. The van der Waals surface area contributed by atoms with Crippen molar-refractivity contribution in [3.8, 4) is 17.2 Å². The SMILES string of the molecule is N#Cc1ccc(C[C@]23N=C(c4ccccc4)O[C@H]2C2C=CC=CC2CN(CCS(=O)(=O)c2ccc(-c4ccc(C5=N[C@]6(Cc7nccs7)C(=O)N(CCS(=O)(=O)c7ccccc7)Cc7ccccc7[C@@H]6O5)cc4)cc2)C3=O)cc1. The third-order valence-electron chi connectivity index (χ3n) is 15.6. The molecule has 0 N–H and O–H groups in total. The van der Waals surface area contributed by atoms with Crippen molar-refractivity contribution in [2.24, 2.45) is 21.8 Å². The zero-order chi connectivity index (χ0) is 54.4. The van der Waals surface area contributed by atoms with Gasteiger partial charge < -0.3 is 19.3 Å². The van der Waals surface area contributed by atoms with Crippen LogP contribution in [0.25, 0.3) is 11.1 Å². The highest BCUT2D eigenvalue weighted by Crippen LogP contribution is 2.48. The molecule has 0 spiro atoms. The molecule has 1 fully saturated rings. The zero-order valence-corrected chi connectivity index (χ0v) is 45.1. The summed E-state index contributed by atoms with van der Waals surface area (Å²) in [6.45, 7) is 0.314. The van der Waals surface area contributed by atoms with Gasteiger partial charge in [-0.2, -0.15) is 5.26 Å². The third-order valence-corrected chi connectivity index (χ3v) is 19.8. The van der Waals surface area contributed by atoms with Crippen molar-refractivity contribution in [3.05, 3.63) is 232 Å². The quantitative estimate of drug-likeness (QED) is 0.0960. The lowest BCUT2D eigenvalue weighted by Crippen LogP contribution is -2.55. The fourth-order valence-electron chi connectivity index (χ4n) is 11.5. The van der Waals surface area contributed by atoms with Gasteiger partial charge in [-0.15, -0.1) is 11.3 Å². The van der Waals surface area contributed by atoms with Gasteiger partial charge in [0.2, 0.25) is 11.8 Å². The number of sulfone groups is 2. The van der Waals surface area contributed by atoms with Crippen LogP contribution in [0.3, 0.4) is 0 Å². The first-order chi connectivity index (χ1) is 38.3. The van der Waals surface area contributed by atoms with Crippen molar-refractivity contribution in [2.75, 3.05) is 31.1 Å². The highest BCUT2D eigenvalue weighted by atomic mass is 32.2. The van der Waals surface area contributed by atoms with Crippen LogP contribution >= 0.6 is 11.3 Å². The predicted octanol–water partition coefficient (Wildman–Crippen LogP) is 8.80. The molecule has 1 saturated heterocycles. The molecule has 1 aliphatic carbocycles. The van der Waals surface area contributed by atoms with Crippen molar-refractivity contribution in [1.29, 1.82) is 5.26 Å². The number of aliphatic imine (C=N–C) groups is 2. The highest BCUT2D eigenvalue weighted by molar-refractivity contribution is 7.91. The minimum atomic E-state index is -3.92. The molecule has 6 aromatic carbocycles. The number of thiazole rings is 1. The van der Waals surface area contributed by atoms with E-state index in [9.17, 15) is 22.1 Å². The molecule has 5 aliphatic rings. The summed E-state index contributed by atoms with van der Waals surface area (Å²) in [6.07, 6.45) is 8.48. The molecule has 79 heavy (non-hydrogen) atoms. The van der Waals surface area contributed by atoms with Gasteiger partial charge in [0.05, 0.1) is 37.9 Å². The van der Waals surface area contributed by atoms with Crippen LogP contribution in [0.2, 0.25) is 0 Å². The maximum Gasteiger partial charge on any atom is 0.255 e. The summed E-state index contributed by atoms with van der Waals surface area (Å²) in [7, 11) is -7.64. The summed E-state index contributed by atoms with van der Waals surface area (Å²) in [5, 5.41) is 12.0. The summed E-state index contributed by atoms with van der Waals surface area (Å²) in [6, 6.07) is 48.7. The molecule has 5 heterocycles. The van der Waals surface area contributed by atoms with E-state index in [1.54, 1.807) is 82.7 Å². The monoisotopic (exact) mass is 1100 g/mol. The number of nitrogens with zero attached hydrogens (tertiary/aromatic N) is 6. The number of amides is 2. The number of ether oxygens (including phenoxy) is 2. The molecule has 0 radical (unpaired) electrons. The molecule has 2 amide bonds. The summed E-state index contributed by atoms with van der Waals surface area (Å²) >= 11 is 1.41. The zero-order valence-electron chi connectivity index (χ0n) is 42.6. The number of hydrogen-bond donors (Lipinski definition) is 0. The molecule has 17 heteroatoms. The second-order valence-corrected chi connectivity index (χ2v) is 25.6. The number of likely N-dealkylation sites (tertiary alicyclic amines) is 1. The number of carbonyl (C=O) groups excluding carboxylic acids is 2. The van der Waals surface area contributed by atoms with Gasteiger partial charge >= 0.3 is 0 Å². The summed E-state index contributed by atoms with van der Waals surface area (Å²) in [4.78, 5) is 48.8. The van der Waals surface area contributed by atoms with Crippen LogP contribution in [0.1, 0.15) is 44.5 Å². The average molecular weight is 1110 g/mol. The molecule has 396 valence electrons. The fourth-order valence-corrected chi connectivity index (χ4v) is 14.7. The van der Waals surface area contributed by atoms with E-state index in [0.717, 1.165) is 33.4 Å². The van der Waals surface area contributed by atoms with E-state index in [1.165, 1.54) is 11.3 Å². The lowest BCUT2D eigenvalue weighted by Gasteiger charge is -2.34. The largest absolute Gasteiger partial charge is 0.470 e. The predicted molar refractivity (Wildman–Crippen MR) is 300 cm³/mol. The van der Waals surface area contributed by atoms with E-state index in [1.807, 2.05) is 109 Å². The normalized spacial score (nSPS) is 23.2. The number of benzene rings is 6. The standard InChI is InChI=1S/C62H52N6O8S3/c63-39-43-21-19-42(20-22-43)37-61-55(75-57(65-61)46-11-3-1-4-12-46)52-17-9-7-13-48(52)40-67(59(61)69)33-36-79(73,74)51-29-27-45(28-30-51)44-23-25-47(26-24-44)58-66-62(38-54-64-31-34-77-54)56(76-58)53-18-10-8-14-49(53)41-68(60(62)70)32-35-78(71,72)50-15-5-2-6-16-50/h1-31,34,48,52,55-56H,32-33,35-38,40-41H2/t48?,52?,55-,56-,61-,62-/m0/s1. The smallest absolute Gasteiger partial charge is 0.255 e. The minimum absolute atomic E-state index is 0.0597. The van der Waals surface area contributed by atoms with Gasteiger partial charge in [0.25, 0.3) is 11.8 Å². The van der Waals surface area contributed by atoms with E-state index in [2.05, 4.69) is 23.2 Å². The Hall–Kier alpha value is -8.30. The first-order valence-electron chi connectivity index (χ1n) is 26.0. The van der Waals surface area contributed by atoms with Crippen molar-refractivity contribution >= 4 is 54.6 Å². The van der Waals surface area contributed by atoms with Crippen molar-refractivity contribution in [1.82, 2.24) is 14.8 Å². The van der Waals surface area contributed by atoms with E-state index in [-0.39, 0.29) is 89.9 Å². The van der Waals surface area contributed by atoms with Crippen molar-refractivity contribution in [2.45, 2.75) is 52.5 Å². The molecule has 14 nitrogen and oxygen atoms in total. The maximum absolute atomic E-state index is 15.3. The van der Waals surface area contributed by atoms with E-state index >= 15 is 9.59 Å². The molecule has 7 aromatic rings. The number of nitriles is 1. The number of hydrogen-bond acceptors (Lipinski definition) is 13. The topological polar surface area (TPSA) is 189 Å². The average Bonchev–Trinajstić information content (AvgIpc) is 4.40. The third kappa shape index (κ3) is 9.78. The minimum Gasteiger partial charge on any atom is -0.470 e. The molecule has 4 aliphatic heterocycles. The Morgan fingerprint density at radius 1 is 0.620 bits per heavy atom. The number of carbonyl (C=O) groups is 2. The van der Waals surface area contributed by atoms with Crippen LogP contribution in [0.4, 0.5) is 0 Å². The Morgan fingerprint density at radius 2 is 1.20 bits per heavy atom. The Kier molecular flexibility index (Phi) is 13.6. The summed E-state index contributed by atoms with van der Waals surface area (Å²) < 4.78 is 69.1. The van der Waals surface area contributed by atoms with Crippen LogP contribution in [0.5, 0.6) is 0 Å².